The van der Waals surface area contributed by atoms with Gasteiger partial charge in [-0.2, -0.15) is 0 Å². The second kappa shape index (κ2) is 8.94. The molecule has 1 fully saturated rings. The zero-order chi connectivity index (χ0) is 17.0. The summed E-state index contributed by atoms with van der Waals surface area (Å²) in [7, 11) is 0. The molecule has 1 aromatic carbocycles. The molecule has 1 aliphatic heterocycles. The average molecular weight is 362 g/mol. The zero-order valence-electron chi connectivity index (χ0n) is 13.5. The molecule has 134 valence electrons. The molecule has 1 heterocycles. The quantitative estimate of drug-likeness (QED) is 0.889. The van der Waals surface area contributed by atoms with E-state index in [0.717, 1.165) is 18.6 Å². The summed E-state index contributed by atoms with van der Waals surface area (Å²) >= 11 is 0. The predicted molar refractivity (Wildman–Crippen MR) is 89.0 cm³/mol. The van der Waals surface area contributed by atoms with E-state index in [0.29, 0.717) is 38.7 Å². The van der Waals surface area contributed by atoms with Crippen molar-refractivity contribution in [3.8, 4) is 0 Å². The summed E-state index contributed by atoms with van der Waals surface area (Å²) in [6, 6.07) is 2.37. The van der Waals surface area contributed by atoms with Crippen LogP contribution in [0.1, 0.15) is 30.1 Å². The van der Waals surface area contributed by atoms with Crippen molar-refractivity contribution in [1.29, 1.82) is 0 Å². The molecule has 1 aromatic rings. The molecule has 1 saturated heterocycles. The Kier molecular flexibility index (Phi) is 7.57. The normalized spacial score (nSPS) is 15.7. The number of nitrogens with zero attached hydrogens (tertiary/aromatic N) is 2. The third kappa shape index (κ3) is 4.64. The van der Waals surface area contributed by atoms with E-state index in [-0.39, 0.29) is 23.9 Å². The molecule has 0 aromatic heterocycles. The van der Waals surface area contributed by atoms with Gasteiger partial charge in [-0.15, -0.1) is 12.4 Å². The van der Waals surface area contributed by atoms with Gasteiger partial charge in [0, 0.05) is 32.2 Å². The minimum Gasteiger partial charge on any atom is -0.338 e. The lowest BCUT2D eigenvalue weighted by atomic mass is 10.1. The lowest BCUT2D eigenvalue weighted by Gasteiger charge is -2.36. The third-order valence-corrected chi connectivity index (χ3v) is 3.96. The number of nitrogens with two attached hydrogens (primary N) is 1. The van der Waals surface area contributed by atoms with Crippen LogP contribution in [-0.2, 0) is 4.79 Å². The van der Waals surface area contributed by atoms with Gasteiger partial charge in [-0.3, -0.25) is 9.59 Å². The Morgan fingerprint density at radius 1 is 1.17 bits per heavy atom. The summed E-state index contributed by atoms with van der Waals surface area (Å²) in [5, 5.41) is 0. The molecule has 5 nitrogen and oxygen atoms in total. The van der Waals surface area contributed by atoms with Crippen LogP contribution in [0.5, 0.6) is 0 Å². The number of hydrogen-bond acceptors (Lipinski definition) is 3. The standard InChI is InChI=1S/C16H21F2N3O2.ClH/c1-2-3-14(19)16(23)21-8-6-20(7-9-21)15(22)12-5-4-11(17)10-13(12)18;/h4-5,10,14H,2-3,6-9,19H2,1H3;1H. The molecule has 24 heavy (non-hydrogen) atoms. The van der Waals surface area contributed by atoms with E-state index >= 15 is 0 Å². The minimum absolute atomic E-state index is 0. The van der Waals surface area contributed by atoms with Crippen LogP contribution in [-0.4, -0.2) is 53.8 Å². The molecular formula is C16H22ClF2N3O2. The Labute approximate surface area is 146 Å². The largest absolute Gasteiger partial charge is 0.338 e. The van der Waals surface area contributed by atoms with E-state index in [4.69, 9.17) is 5.73 Å². The first-order chi connectivity index (χ1) is 10.9. The van der Waals surface area contributed by atoms with E-state index in [1.54, 1.807) is 4.90 Å². The van der Waals surface area contributed by atoms with Gasteiger partial charge in [0.25, 0.3) is 5.91 Å². The van der Waals surface area contributed by atoms with E-state index in [1.807, 2.05) is 6.92 Å². The highest BCUT2D eigenvalue weighted by Gasteiger charge is 2.28. The fourth-order valence-corrected chi connectivity index (χ4v) is 2.63. The van der Waals surface area contributed by atoms with Crippen molar-refractivity contribution in [2.45, 2.75) is 25.8 Å². The molecule has 2 N–H and O–H groups in total. The van der Waals surface area contributed by atoms with Crippen molar-refractivity contribution in [2.75, 3.05) is 26.2 Å². The van der Waals surface area contributed by atoms with Crippen LogP contribution in [0.25, 0.3) is 0 Å². The smallest absolute Gasteiger partial charge is 0.256 e. The second-order valence-electron chi connectivity index (χ2n) is 5.64. The number of rotatable bonds is 4. The fraction of sp³-hybridized carbons (Fsp3) is 0.500. The minimum atomic E-state index is -0.876. The molecule has 0 radical (unpaired) electrons. The van der Waals surface area contributed by atoms with Crippen LogP contribution in [0.15, 0.2) is 18.2 Å². The number of halogens is 3. The molecule has 0 spiro atoms. The summed E-state index contributed by atoms with van der Waals surface area (Å²) in [4.78, 5) is 27.5. The van der Waals surface area contributed by atoms with Gasteiger partial charge >= 0.3 is 0 Å². The van der Waals surface area contributed by atoms with E-state index < -0.39 is 23.6 Å². The SMILES string of the molecule is CCCC(N)C(=O)N1CCN(C(=O)c2ccc(F)cc2F)CC1.Cl. The molecular weight excluding hydrogens is 340 g/mol. The van der Waals surface area contributed by atoms with Gasteiger partial charge in [0.05, 0.1) is 11.6 Å². The van der Waals surface area contributed by atoms with Crippen molar-refractivity contribution in [1.82, 2.24) is 9.80 Å². The van der Waals surface area contributed by atoms with Crippen molar-refractivity contribution in [3.05, 3.63) is 35.4 Å². The monoisotopic (exact) mass is 361 g/mol. The van der Waals surface area contributed by atoms with Crippen LogP contribution in [0.4, 0.5) is 8.78 Å². The van der Waals surface area contributed by atoms with Gasteiger partial charge in [0.15, 0.2) is 0 Å². The Bertz CT molecular complexity index is 593. The molecule has 0 saturated carbocycles. The number of amides is 2. The molecule has 2 rings (SSSR count). The summed E-state index contributed by atoms with van der Waals surface area (Å²) in [5.41, 5.74) is 5.66. The Balaban J connectivity index is 0.00000288. The van der Waals surface area contributed by atoms with Crippen LogP contribution in [0, 0.1) is 11.6 Å². The summed E-state index contributed by atoms with van der Waals surface area (Å²) in [5.74, 6) is -2.21. The van der Waals surface area contributed by atoms with Gasteiger partial charge in [-0.25, -0.2) is 8.78 Å². The summed E-state index contributed by atoms with van der Waals surface area (Å²) < 4.78 is 26.6. The van der Waals surface area contributed by atoms with Crippen LogP contribution >= 0.6 is 12.4 Å². The predicted octanol–water partition coefficient (Wildman–Crippen LogP) is 1.80. The summed E-state index contributed by atoms with van der Waals surface area (Å²) in [6.07, 6.45) is 1.45. The first-order valence-electron chi connectivity index (χ1n) is 7.72. The fourth-order valence-electron chi connectivity index (χ4n) is 2.63. The molecule has 0 aliphatic carbocycles. The molecule has 2 amide bonds. The second-order valence-corrected chi connectivity index (χ2v) is 5.64. The lowest BCUT2D eigenvalue weighted by molar-refractivity contribution is -0.134. The van der Waals surface area contributed by atoms with E-state index in [9.17, 15) is 18.4 Å². The van der Waals surface area contributed by atoms with Crippen LogP contribution < -0.4 is 5.73 Å². The van der Waals surface area contributed by atoms with Gasteiger partial charge < -0.3 is 15.5 Å². The van der Waals surface area contributed by atoms with Gasteiger partial charge in [-0.05, 0) is 18.6 Å². The highest BCUT2D eigenvalue weighted by molar-refractivity contribution is 5.94. The maximum Gasteiger partial charge on any atom is 0.256 e. The highest BCUT2D eigenvalue weighted by Crippen LogP contribution is 2.14. The lowest BCUT2D eigenvalue weighted by Crippen LogP contribution is -2.54. The molecule has 1 aliphatic rings. The zero-order valence-corrected chi connectivity index (χ0v) is 14.3. The topological polar surface area (TPSA) is 66.6 Å². The van der Waals surface area contributed by atoms with E-state index in [2.05, 4.69) is 0 Å². The van der Waals surface area contributed by atoms with Gasteiger partial charge in [0.1, 0.15) is 11.6 Å². The third-order valence-electron chi connectivity index (χ3n) is 3.96. The maximum atomic E-state index is 13.7. The number of benzene rings is 1. The Morgan fingerprint density at radius 3 is 2.29 bits per heavy atom. The van der Waals surface area contributed by atoms with Crippen LogP contribution in [0.3, 0.4) is 0 Å². The van der Waals surface area contributed by atoms with Crippen LogP contribution in [0.2, 0.25) is 0 Å². The number of hydrogen-bond donors (Lipinski definition) is 1. The number of piperazine rings is 1. The van der Waals surface area contributed by atoms with Crippen molar-refractivity contribution in [2.24, 2.45) is 5.73 Å². The van der Waals surface area contributed by atoms with E-state index in [1.165, 1.54) is 4.90 Å². The van der Waals surface area contributed by atoms with Gasteiger partial charge in [0.2, 0.25) is 5.91 Å². The molecule has 0 bridgehead atoms. The average Bonchev–Trinajstić information content (AvgIpc) is 2.54. The van der Waals surface area contributed by atoms with Crippen molar-refractivity contribution >= 4 is 24.2 Å². The first-order valence-corrected chi connectivity index (χ1v) is 7.72. The van der Waals surface area contributed by atoms with Gasteiger partial charge in [-0.1, -0.05) is 13.3 Å². The number of carbonyl (C=O) groups is 2. The molecule has 1 unspecified atom stereocenters. The number of carbonyl (C=O) groups excluding carboxylic acids is 2. The van der Waals surface area contributed by atoms with Crippen molar-refractivity contribution in [3.63, 3.8) is 0 Å². The molecule has 8 heteroatoms. The van der Waals surface area contributed by atoms with Crippen molar-refractivity contribution < 1.29 is 18.4 Å². The highest BCUT2D eigenvalue weighted by atomic mass is 35.5. The molecule has 1 atom stereocenters. The summed E-state index contributed by atoms with van der Waals surface area (Å²) in [6.45, 7) is 3.30. The maximum absolute atomic E-state index is 13.7. The Morgan fingerprint density at radius 2 is 1.75 bits per heavy atom. The Hall–Kier alpha value is -1.73. The first kappa shape index (κ1) is 20.3.